The molecule has 0 aliphatic heterocycles. The fourth-order valence-electron chi connectivity index (χ4n) is 5.22. The Morgan fingerprint density at radius 3 is 1.34 bits per heavy atom. The third-order valence-corrected chi connectivity index (χ3v) is 15.0. The second-order valence-corrected chi connectivity index (χ2v) is 15.3. The standard InChI is InChI=1S/C33H29O6PS/c34-25-26-38-33(35)31-23-13-14-24-32(31)41(36,37)39-40(27-15-5-1-6-16-27,28-17-7-2-8-18-28,29-19-9-3-10-20-29)30-21-11-4-12-22-30/h1-24,34H,25-26H2. The van der Waals surface area contributed by atoms with Crippen molar-refractivity contribution in [2.45, 2.75) is 4.90 Å². The molecule has 1 N–H and O–H groups in total. The van der Waals surface area contributed by atoms with E-state index in [1.807, 2.05) is 121 Å². The fourth-order valence-corrected chi connectivity index (χ4v) is 13.9. The summed E-state index contributed by atoms with van der Waals surface area (Å²) in [6.45, 7) is -5.23. The molecule has 208 valence electrons. The summed E-state index contributed by atoms with van der Waals surface area (Å²) < 4.78 is 41.4. The maximum absolute atomic E-state index is 14.7. The van der Waals surface area contributed by atoms with Crippen molar-refractivity contribution in [1.82, 2.24) is 0 Å². The first-order valence-electron chi connectivity index (χ1n) is 13.0. The minimum atomic E-state index is -4.67. The van der Waals surface area contributed by atoms with Gasteiger partial charge in [-0.3, -0.25) is 0 Å². The van der Waals surface area contributed by atoms with Crippen molar-refractivity contribution in [2.75, 3.05) is 13.2 Å². The summed E-state index contributed by atoms with van der Waals surface area (Å²) in [4.78, 5) is 12.6. The molecule has 0 aliphatic carbocycles. The van der Waals surface area contributed by atoms with E-state index in [0.29, 0.717) is 21.2 Å². The number of carbonyl (C=O) groups is 1. The number of hydrogen-bond donors (Lipinski definition) is 1. The average molecular weight is 585 g/mol. The minimum absolute atomic E-state index is 0.181. The molecule has 0 fully saturated rings. The van der Waals surface area contributed by atoms with Crippen molar-refractivity contribution in [3.8, 4) is 0 Å². The van der Waals surface area contributed by atoms with Crippen molar-refractivity contribution >= 4 is 44.1 Å². The van der Waals surface area contributed by atoms with Crippen LogP contribution in [0.4, 0.5) is 0 Å². The van der Waals surface area contributed by atoms with Gasteiger partial charge < -0.3 is 0 Å². The molecular formula is C33H29O6PS. The van der Waals surface area contributed by atoms with Crippen LogP contribution in [-0.4, -0.2) is 32.7 Å². The Morgan fingerprint density at radius 2 is 0.951 bits per heavy atom. The summed E-state index contributed by atoms with van der Waals surface area (Å²) >= 11 is 0. The Balaban J connectivity index is 1.93. The van der Waals surface area contributed by atoms with Crippen LogP contribution < -0.4 is 21.2 Å². The summed E-state index contributed by atoms with van der Waals surface area (Å²) in [6.07, 6.45) is 0. The molecule has 0 saturated heterocycles. The number of esters is 1. The second-order valence-electron chi connectivity index (χ2n) is 9.26. The van der Waals surface area contributed by atoms with Gasteiger partial charge in [-0.1, -0.05) is 0 Å². The Bertz CT molecular complexity index is 1560. The summed E-state index contributed by atoms with van der Waals surface area (Å²) in [7, 11) is -4.67. The number of carbonyl (C=O) groups excluding carboxylic acids is 1. The van der Waals surface area contributed by atoms with E-state index in [0.717, 1.165) is 0 Å². The molecule has 6 nitrogen and oxygen atoms in total. The summed E-state index contributed by atoms with van der Waals surface area (Å²) in [6, 6.07) is 43.3. The second kappa shape index (κ2) is 11.8. The van der Waals surface area contributed by atoms with E-state index in [9.17, 15) is 13.2 Å². The quantitative estimate of drug-likeness (QED) is 0.194. The molecule has 0 radical (unpaired) electrons. The SMILES string of the molecule is O=C(OCCO)c1ccccc1S(=O)(=O)OP(c1ccccc1)(c1ccccc1)(c1ccccc1)c1ccccc1. The van der Waals surface area contributed by atoms with Crippen LogP contribution in [-0.2, 0) is 18.8 Å². The van der Waals surface area contributed by atoms with Crippen LogP contribution in [0.25, 0.3) is 0 Å². The van der Waals surface area contributed by atoms with Gasteiger partial charge in [-0.05, 0) is 0 Å². The van der Waals surface area contributed by atoms with Crippen molar-refractivity contribution in [3.63, 3.8) is 0 Å². The molecule has 41 heavy (non-hydrogen) atoms. The first kappa shape index (κ1) is 28.4. The van der Waals surface area contributed by atoms with Gasteiger partial charge >= 0.3 is 240 Å². The molecule has 0 aromatic heterocycles. The van der Waals surface area contributed by atoms with Gasteiger partial charge in [0, 0.05) is 0 Å². The molecule has 0 atom stereocenters. The Kier molecular flexibility index (Phi) is 8.15. The van der Waals surface area contributed by atoms with Gasteiger partial charge in [0.2, 0.25) is 0 Å². The van der Waals surface area contributed by atoms with Crippen LogP contribution in [0.15, 0.2) is 150 Å². The first-order valence-corrected chi connectivity index (χ1v) is 16.6. The molecule has 0 spiro atoms. The molecule has 8 heteroatoms. The van der Waals surface area contributed by atoms with Gasteiger partial charge in [0.15, 0.2) is 0 Å². The fraction of sp³-hybridized carbons (Fsp3) is 0.0606. The third kappa shape index (κ3) is 4.88. The maximum atomic E-state index is 14.7. The van der Waals surface area contributed by atoms with Crippen LogP contribution in [0.1, 0.15) is 10.4 Å². The van der Waals surface area contributed by atoms with Crippen LogP contribution in [0.2, 0.25) is 0 Å². The van der Waals surface area contributed by atoms with E-state index in [-0.39, 0.29) is 17.1 Å². The van der Waals surface area contributed by atoms with E-state index in [1.165, 1.54) is 18.2 Å². The van der Waals surface area contributed by atoms with Gasteiger partial charge in [-0.15, -0.1) is 0 Å². The van der Waals surface area contributed by atoms with Gasteiger partial charge in [-0.25, -0.2) is 0 Å². The number of aliphatic hydroxyl groups is 1. The van der Waals surface area contributed by atoms with Crippen molar-refractivity contribution < 1.29 is 27.0 Å². The molecule has 0 saturated carbocycles. The monoisotopic (exact) mass is 584 g/mol. The number of ether oxygens (including phenoxy) is 1. The summed E-state index contributed by atoms with van der Waals surface area (Å²) in [5.74, 6) is -0.874. The first-order chi connectivity index (χ1) is 19.9. The van der Waals surface area contributed by atoms with Crippen LogP contribution >= 0.6 is 6.83 Å². The summed E-state index contributed by atoms with van der Waals surface area (Å²) in [5.41, 5.74) is -0.181. The van der Waals surface area contributed by atoms with E-state index >= 15 is 0 Å². The summed E-state index contributed by atoms with van der Waals surface area (Å²) in [5, 5.41) is 11.9. The van der Waals surface area contributed by atoms with Gasteiger partial charge in [0.25, 0.3) is 0 Å². The number of aliphatic hydroxyl groups excluding tert-OH is 1. The van der Waals surface area contributed by atoms with Crippen molar-refractivity contribution in [3.05, 3.63) is 151 Å². The third-order valence-electron chi connectivity index (χ3n) is 6.94. The molecule has 0 bridgehead atoms. The Hall–Kier alpha value is -4.13. The van der Waals surface area contributed by atoms with Gasteiger partial charge in [0.05, 0.1) is 0 Å². The zero-order valence-electron chi connectivity index (χ0n) is 22.1. The predicted octanol–water partition coefficient (Wildman–Crippen LogP) is 4.31. The number of hydrogen-bond acceptors (Lipinski definition) is 6. The predicted molar refractivity (Wildman–Crippen MR) is 163 cm³/mol. The van der Waals surface area contributed by atoms with Crippen LogP contribution in [0, 0.1) is 0 Å². The van der Waals surface area contributed by atoms with Crippen molar-refractivity contribution in [1.29, 1.82) is 0 Å². The normalized spacial score (nSPS) is 12.7. The molecule has 0 unspecified atom stereocenters. The van der Waals surface area contributed by atoms with Crippen molar-refractivity contribution in [2.24, 2.45) is 0 Å². The zero-order chi connectivity index (χ0) is 28.8. The van der Waals surface area contributed by atoms with Crippen LogP contribution in [0.5, 0.6) is 0 Å². The average Bonchev–Trinajstić information content (AvgIpc) is 3.04. The number of rotatable bonds is 10. The van der Waals surface area contributed by atoms with E-state index < -0.39 is 29.5 Å². The van der Waals surface area contributed by atoms with E-state index in [2.05, 4.69) is 0 Å². The molecule has 0 amide bonds. The Morgan fingerprint density at radius 1 is 0.585 bits per heavy atom. The number of benzene rings is 5. The van der Waals surface area contributed by atoms with Gasteiger partial charge in [0.1, 0.15) is 0 Å². The molecule has 0 heterocycles. The Labute approximate surface area is 240 Å². The molecule has 5 aromatic rings. The van der Waals surface area contributed by atoms with Gasteiger partial charge in [-0.2, -0.15) is 0 Å². The zero-order valence-corrected chi connectivity index (χ0v) is 23.8. The molecule has 5 rings (SSSR count). The van der Waals surface area contributed by atoms with E-state index in [1.54, 1.807) is 6.07 Å². The molecule has 5 aromatic carbocycles. The molecule has 0 aliphatic rings. The van der Waals surface area contributed by atoms with E-state index in [4.69, 9.17) is 13.8 Å². The van der Waals surface area contributed by atoms with Crippen LogP contribution in [0.3, 0.4) is 0 Å². The molecular weight excluding hydrogens is 555 g/mol. The topological polar surface area (TPSA) is 89.9 Å².